The Kier molecular flexibility index (Phi) is 3.94. The lowest BCUT2D eigenvalue weighted by Crippen LogP contribution is -2.18. The van der Waals surface area contributed by atoms with E-state index in [-0.39, 0.29) is 18.5 Å². The topological polar surface area (TPSA) is 35.5 Å². The van der Waals surface area contributed by atoms with E-state index in [1.165, 1.54) is 0 Å². The third-order valence-corrected chi connectivity index (χ3v) is 2.62. The number of hydrogen-bond donors (Lipinski definition) is 0. The van der Waals surface area contributed by atoms with E-state index >= 15 is 0 Å². The summed E-state index contributed by atoms with van der Waals surface area (Å²) in [6.45, 7) is 0.932. The molecule has 2 rings (SSSR count). The standard InChI is InChI=1S/C13H16O3/c14-11(9-13-7-4-8-15-13)10-16-12-5-2-1-3-6-12/h1-3,5-6,13H,4,7-10H2. The summed E-state index contributed by atoms with van der Waals surface area (Å²) in [7, 11) is 0. The summed E-state index contributed by atoms with van der Waals surface area (Å²) < 4.78 is 10.8. The predicted octanol–water partition coefficient (Wildman–Crippen LogP) is 2.20. The maximum absolute atomic E-state index is 11.6. The average Bonchev–Trinajstić information content (AvgIpc) is 2.81. The Morgan fingerprint density at radius 3 is 2.88 bits per heavy atom. The van der Waals surface area contributed by atoms with E-state index in [0.29, 0.717) is 6.42 Å². The van der Waals surface area contributed by atoms with Crippen molar-refractivity contribution in [2.24, 2.45) is 0 Å². The number of carbonyl (C=O) groups excluding carboxylic acids is 1. The molecule has 0 bridgehead atoms. The smallest absolute Gasteiger partial charge is 0.172 e. The van der Waals surface area contributed by atoms with E-state index in [1.807, 2.05) is 30.3 Å². The van der Waals surface area contributed by atoms with Gasteiger partial charge in [0.2, 0.25) is 0 Å². The highest BCUT2D eigenvalue weighted by molar-refractivity contribution is 5.80. The molecule has 1 aromatic rings. The number of hydrogen-bond acceptors (Lipinski definition) is 3. The fraction of sp³-hybridized carbons (Fsp3) is 0.462. The van der Waals surface area contributed by atoms with Crippen LogP contribution in [0, 0.1) is 0 Å². The molecule has 1 aliphatic heterocycles. The van der Waals surface area contributed by atoms with Gasteiger partial charge < -0.3 is 9.47 Å². The summed E-state index contributed by atoms with van der Waals surface area (Å²) in [5, 5.41) is 0. The van der Waals surface area contributed by atoms with Crippen LogP contribution in [0.2, 0.25) is 0 Å². The van der Waals surface area contributed by atoms with Gasteiger partial charge in [-0.15, -0.1) is 0 Å². The summed E-state index contributed by atoms with van der Waals surface area (Å²) in [6.07, 6.45) is 2.66. The van der Waals surface area contributed by atoms with Gasteiger partial charge in [-0.2, -0.15) is 0 Å². The molecule has 1 saturated heterocycles. The molecule has 1 aliphatic rings. The summed E-state index contributed by atoms with van der Waals surface area (Å²) in [4.78, 5) is 11.6. The number of ether oxygens (including phenoxy) is 2. The lowest BCUT2D eigenvalue weighted by molar-refractivity contribution is -0.123. The zero-order chi connectivity index (χ0) is 11.2. The Labute approximate surface area is 95.4 Å². The van der Waals surface area contributed by atoms with Crippen LogP contribution < -0.4 is 4.74 Å². The number of ketones is 1. The Balaban J connectivity index is 1.71. The van der Waals surface area contributed by atoms with Crippen LogP contribution in [0.25, 0.3) is 0 Å². The van der Waals surface area contributed by atoms with Gasteiger partial charge in [-0.3, -0.25) is 4.79 Å². The van der Waals surface area contributed by atoms with Crippen LogP contribution in [0.15, 0.2) is 30.3 Å². The second-order valence-corrected chi connectivity index (χ2v) is 3.98. The Bertz CT molecular complexity index is 328. The van der Waals surface area contributed by atoms with Crippen molar-refractivity contribution in [3.63, 3.8) is 0 Å². The van der Waals surface area contributed by atoms with Gasteiger partial charge in [-0.05, 0) is 25.0 Å². The fourth-order valence-electron chi connectivity index (χ4n) is 1.80. The first-order valence-corrected chi connectivity index (χ1v) is 5.66. The normalized spacial score (nSPS) is 19.6. The van der Waals surface area contributed by atoms with Crippen molar-refractivity contribution in [1.82, 2.24) is 0 Å². The Morgan fingerprint density at radius 1 is 1.38 bits per heavy atom. The minimum atomic E-state index is 0.107. The van der Waals surface area contributed by atoms with Gasteiger partial charge in [0, 0.05) is 13.0 Å². The first-order valence-electron chi connectivity index (χ1n) is 5.66. The second kappa shape index (κ2) is 5.66. The number of rotatable bonds is 5. The van der Waals surface area contributed by atoms with E-state index in [1.54, 1.807) is 0 Å². The van der Waals surface area contributed by atoms with Crippen LogP contribution in [-0.2, 0) is 9.53 Å². The van der Waals surface area contributed by atoms with E-state index in [2.05, 4.69) is 0 Å². The van der Waals surface area contributed by atoms with Crippen molar-refractivity contribution in [1.29, 1.82) is 0 Å². The third kappa shape index (κ3) is 3.35. The molecule has 1 heterocycles. The second-order valence-electron chi connectivity index (χ2n) is 3.98. The van der Waals surface area contributed by atoms with Crippen molar-refractivity contribution < 1.29 is 14.3 Å². The number of carbonyl (C=O) groups is 1. The highest BCUT2D eigenvalue weighted by Crippen LogP contribution is 2.16. The Hall–Kier alpha value is -1.35. The van der Waals surface area contributed by atoms with Crippen LogP contribution >= 0.6 is 0 Å². The molecule has 1 fully saturated rings. The lowest BCUT2D eigenvalue weighted by Gasteiger charge is -2.09. The van der Waals surface area contributed by atoms with Crippen LogP contribution in [0.5, 0.6) is 5.75 Å². The van der Waals surface area contributed by atoms with E-state index in [0.717, 1.165) is 25.2 Å². The zero-order valence-corrected chi connectivity index (χ0v) is 9.22. The molecule has 0 aromatic heterocycles. The average molecular weight is 220 g/mol. The SMILES string of the molecule is O=C(COc1ccccc1)CC1CCCO1. The van der Waals surface area contributed by atoms with Crippen molar-refractivity contribution in [2.75, 3.05) is 13.2 Å². The van der Waals surface area contributed by atoms with Gasteiger partial charge in [0.1, 0.15) is 12.4 Å². The summed E-state index contributed by atoms with van der Waals surface area (Å²) in [5.41, 5.74) is 0. The largest absolute Gasteiger partial charge is 0.486 e. The van der Waals surface area contributed by atoms with E-state index in [9.17, 15) is 4.79 Å². The molecule has 0 radical (unpaired) electrons. The summed E-state index contributed by atoms with van der Waals surface area (Å²) in [6, 6.07) is 9.39. The Morgan fingerprint density at radius 2 is 2.19 bits per heavy atom. The number of benzene rings is 1. The van der Waals surface area contributed by atoms with Gasteiger partial charge >= 0.3 is 0 Å². The van der Waals surface area contributed by atoms with Gasteiger partial charge in [-0.25, -0.2) is 0 Å². The minimum Gasteiger partial charge on any atom is -0.486 e. The molecule has 16 heavy (non-hydrogen) atoms. The molecule has 0 aliphatic carbocycles. The highest BCUT2D eigenvalue weighted by atomic mass is 16.5. The molecule has 0 saturated carbocycles. The molecule has 0 N–H and O–H groups in total. The lowest BCUT2D eigenvalue weighted by atomic mass is 10.1. The molecule has 1 unspecified atom stereocenters. The van der Waals surface area contributed by atoms with Crippen molar-refractivity contribution >= 4 is 5.78 Å². The molecule has 1 atom stereocenters. The summed E-state index contributed by atoms with van der Waals surface area (Å²) >= 11 is 0. The molecule has 3 heteroatoms. The van der Waals surface area contributed by atoms with Crippen LogP contribution in [-0.4, -0.2) is 25.1 Å². The number of para-hydroxylation sites is 1. The molecule has 0 spiro atoms. The van der Waals surface area contributed by atoms with Crippen LogP contribution in [0.3, 0.4) is 0 Å². The molecule has 86 valence electrons. The third-order valence-electron chi connectivity index (χ3n) is 2.62. The minimum absolute atomic E-state index is 0.107. The fourth-order valence-corrected chi connectivity index (χ4v) is 1.80. The molecular formula is C13H16O3. The monoisotopic (exact) mass is 220 g/mol. The molecule has 1 aromatic carbocycles. The number of Topliss-reactive ketones (excluding diaryl/α,β-unsaturated/α-hetero) is 1. The van der Waals surface area contributed by atoms with Gasteiger partial charge in [0.15, 0.2) is 5.78 Å². The van der Waals surface area contributed by atoms with Crippen molar-refractivity contribution in [3.8, 4) is 5.75 Å². The van der Waals surface area contributed by atoms with Crippen molar-refractivity contribution in [3.05, 3.63) is 30.3 Å². The molecule has 3 nitrogen and oxygen atoms in total. The first-order chi connectivity index (χ1) is 7.84. The predicted molar refractivity (Wildman–Crippen MR) is 60.5 cm³/mol. The van der Waals surface area contributed by atoms with E-state index < -0.39 is 0 Å². The van der Waals surface area contributed by atoms with Crippen LogP contribution in [0.1, 0.15) is 19.3 Å². The first kappa shape index (κ1) is 11.1. The van der Waals surface area contributed by atoms with Gasteiger partial charge in [-0.1, -0.05) is 18.2 Å². The van der Waals surface area contributed by atoms with Crippen molar-refractivity contribution in [2.45, 2.75) is 25.4 Å². The zero-order valence-electron chi connectivity index (χ0n) is 9.22. The maximum Gasteiger partial charge on any atom is 0.172 e. The quantitative estimate of drug-likeness (QED) is 0.763. The van der Waals surface area contributed by atoms with Gasteiger partial charge in [0.05, 0.1) is 6.10 Å². The highest BCUT2D eigenvalue weighted by Gasteiger charge is 2.19. The van der Waals surface area contributed by atoms with Gasteiger partial charge in [0.25, 0.3) is 0 Å². The van der Waals surface area contributed by atoms with Crippen LogP contribution in [0.4, 0.5) is 0 Å². The maximum atomic E-state index is 11.6. The van der Waals surface area contributed by atoms with E-state index in [4.69, 9.17) is 9.47 Å². The molecular weight excluding hydrogens is 204 g/mol. The molecule has 0 amide bonds. The summed E-state index contributed by atoms with van der Waals surface area (Å²) in [5.74, 6) is 0.846.